The molecule has 0 amide bonds. The Morgan fingerprint density at radius 2 is 1.85 bits per heavy atom. The van der Waals surface area contributed by atoms with E-state index in [1.54, 1.807) is 0 Å². The highest BCUT2D eigenvalue weighted by molar-refractivity contribution is 9.10. The molecule has 1 nitrogen and oxygen atoms in total. The Bertz CT molecular complexity index is 285. The maximum atomic E-state index is 3.51. The van der Waals surface area contributed by atoms with Crippen LogP contribution in [-0.2, 0) is 5.54 Å². The highest BCUT2D eigenvalue weighted by Gasteiger charge is 2.17. The van der Waals surface area contributed by atoms with Crippen molar-refractivity contribution < 1.29 is 0 Å². The van der Waals surface area contributed by atoms with Crippen molar-refractivity contribution in [2.24, 2.45) is 0 Å². The van der Waals surface area contributed by atoms with Crippen LogP contribution in [0.3, 0.4) is 0 Å². The largest absolute Gasteiger partial charge is 0.311 e. The van der Waals surface area contributed by atoms with Crippen molar-refractivity contribution in [3.8, 4) is 0 Å². The smallest absolute Gasteiger partial charge is 0.0375 e. The molecule has 1 N–H and O–H groups in total. The molecule has 0 fully saturated rings. The van der Waals surface area contributed by atoms with Gasteiger partial charge in [-0.05, 0) is 51.1 Å². The third kappa shape index (κ3) is 2.55. The van der Waals surface area contributed by atoms with Gasteiger partial charge in [-0.15, -0.1) is 0 Å². The Morgan fingerprint density at radius 3 is 2.31 bits per heavy atom. The summed E-state index contributed by atoms with van der Waals surface area (Å²) in [5, 5.41) is 3.29. The Kier molecular flexibility index (Phi) is 3.14. The predicted octanol–water partition coefficient (Wildman–Crippen LogP) is 3.21. The molecule has 0 aromatic heterocycles. The number of halogens is 1. The Hall–Kier alpha value is -0.340. The molecule has 0 bridgehead atoms. The molecule has 0 saturated carbocycles. The van der Waals surface area contributed by atoms with Gasteiger partial charge in [0.15, 0.2) is 0 Å². The van der Waals surface area contributed by atoms with E-state index in [1.807, 2.05) is 7.05 Å². The van der Waals surface area contributed by atoms with Crippen LogP contribution in [0.15, 0.2) is 22.7 Å². The first-order chi connectivity index (χ1) is 5.95. The normalized spacial score (nSPS) is 11.8. The van der Waals surface area contributed by atoms with Gasteiger partial charge in [-0.3, -0.25) is 0 Å². The van der Waals surface area contributed by atoms with Crippen LogP contribution in [0, 0.1) is 6.92 Å². The lowest BCUT2D eigenvalue weighted by molar-refractivity contribution is 0.444. The molecule has 1 aromatic carbocycles. The molecule has 0 saturated heterocycles. The summed E-state index contributed by atoms with van der Waals surface area (Å²) in [6.07, 6.45) is 0. The Balaban J connectivity index is 3.15. The molecule has 1 aromatic rings. The van der Waals surface area contributed by atoms with Gasteiger partial charge in [0.25, 0.3) is 0 Å². The minimum Gasteiger partial charge on any atom is -0.311 e. The van der Waals surface area contributed by atoms with Crippen molar-refractivity contribution in [3.63, 3.8) is 0 Å². The van der Waals surface area contributed by atoms with Crippen LogP contribution in [0.1, 0.15) is 25.0 Å². The maximum Gasteiger partial charge on any atom is 0.0375 e. The zero-order chi connectivity index (χ0) is 10.1. The van der Waals surface area contributed by atoms with E-state index in [0.29, 0.717) is 0 Å². The molecule has 0 unspecified atom stereocenters. The standard InChI is InChI=1S/C11H16BrN/c1-8-5-9(7-10(12)6-8)11(2,3)13-4/h5-7,13H,1-4H3. The van der Waals surface area contributed by atoms with Gasteiger partial charge in [0, 0.05) is 10.0 Å². The lowest BCUT2D eigenvalue weighted by Gasteiger charge is -2.25. The molecule has 0 spiro atoms. The van der Waals surface area contributed by atoms with Crippen molar-refractivity contribution in [2.45, 2.75) is 26.3 Å². The second-order valence-electron chi connectivity index (χ2n) is 3.89. The number of hydrogen-bond donors (Lipinski definition) is 1. The fraction of sp³-hybridized carbons (Fsp3) is 0.455. The second kappa shape index (κ2) is 3.81. The molecule has 13 heavy (non-hydrogen) atoms. The van der Waals surface area contributed by atoms with Gasteiger partial charge in [0.1, 0.15) is 0 Å². The lowest BCUT2D eigenvalue weighted by atomic mass is 9.93. The minimum atomic E-state index is 0.0362. The quantitative estimate of drug-likeness (QED) is 0.839. The molecule has 0 atom stereocenters. The summed E-state index contributed by atoms with van der Waals surface area (Å²) in [6.45, 7) is 6.46. The van der Waals surface area contributed by atoms with Gasteiger partial charge in [0.05, 0.1) is 0 Å². The van der Waals surface area contributed by atoms with Gasteiger partial charge in [-0.2, -0.15) is 0 Å². The van der Waals surface area contributed by atoms with Crippen LogP contribution in [0.5, 0.6) is 0 Å². The van der Waals surface area contributed by atoms with Gasteiger partial charge in [0.2, 0.25) is 0 Å². The van der Waals surface area contributed by atoms with Gasteiger partial charge < -0.3 is 5.32 Å². The molecule has 0 aliphatic heterocycles. The third-order valence-electron chi connectivity index (χ3n) is 2.39. The molecule has 0 aliphatic rings. The van der Waals surface area contributed by atoms with Crippen molar-refractivity contribution in [3.05, 3.63) is 33.8 Å². The van der Waals surface area contributed by atoms with Gasteiger partial charge in [-0.25, -0.2) is 0 Å². The monoisotopic (exact) mass is 241 g/mol. The van der Waals surface area contributed by atoms with Crippen LogP contribution >= 0.6 is 15.9 Å². The molecule has 0 radical (unpaired) electrons. The first kappa shape index (κ1) is 10.7. The highest BCUT2D eigenvalue weighted by atomic mass is 79.9. The summed E-state index contributed by atoms with van der Waals surface area (Å²) in [6, 6.07) is 6.49. The molecule has 0 heterocycles. The lowest BCUT2D eigenvalue weighted by Crippen LogP contribution is -2.33. The van der Waals surface area contributed by atoms with E-state index in [0.717, 1.165) is 4.47 Å². The molecule has 0 aliphatic carbocycles. The highest BCUT2D eigenvalue weighted by Crippen LogP contribution is 2.24. The van der Waals surface area contributed by atoms with Crippen molar-refractivity contribution in [1.29, 1.82) is 0 Å². The number of nitrogens with one attached hydrogen (secondary N) is 1. The summed E-state index contributed by atoms with van der Waals surface area (Å²) < 4.78 is 1.14. The number of hydrogen-bond acceptors (Lipinski definition) is 1. The van der Waals surface area contributed by atoms with Gasteiger partial charge in [-0.1, -0.05) is 22.0 Å². The summed E-state index contributed by atoms with van der Waals surface area (Å²) in [5.74, 6) is 0. The van der Waals surface area contributed by atoms with Gasteiger partial charge >= 0.3 is 0 Å². The first-order valence-electron chi connectivity index (χ1n) is 4.42. The summed E-state index contributed by atoms with van der Waals surface area (Å²) in [4.78, 5) is 0. The summed E-state index contributed by atoms with van der Waals surface area (Å²) >= 11 is 3.51. The average molecular weight is 242 g/mol. The Labute approximate surface area is 88.7 Å². The SMILES string of the molecule is CNC(C)(C)c1cc(C)cc(Br)c1. The van der Waals surface area contributed by atoms with Crippen LogP contribution in [-0.4, -0.2) is 7.05 Å². The van der Waals surface area contributed by atoms with Crippen molar-refractivity contribution in [2.75, 3.05) is 7.05 Å². The summed E-state index contributed by atoms with van der Waals surface area (Å²) in [7, 11) is 1.98. The molecule has 1 rings (SSSR count). The van der Waals surface area contributed by atoms with E-state index in [2.05, 4.69) is 60.2 Å². The zero-order valence-corrected chi connectivity index (χ0v) is 10.2. The number of benzene rings is 1. The average Bonchev–Trinajstić information content (AvgIpc) is 2.02. The predicted molar refractivity (Wildman–Crippen MR) is 61.0 cm³/mol. The van der Waals surface area contributed by atoms with Crippen molar-refractivity contribution in [1.82, 2.24) is 5.32 Å². The molecule has 2 heteroatoms. The van der Waals surface area contributed by atoms with Crippen LogP contribution < -0.4 is 5.32 Å². The fourth-order valence-electron chi connectivity index (χ4n) is 1.24. The first-order valence-corrected chi connectivity index (χ1v) is 5.21. The van der Waals surface area contributed by atoms with E-state index in [-0.39, 0.29) is 5.54 Å². The molecule has 72 valence electrons. The van der Waals surface area contributed by atoms with E-state index in [1.165, 1.54) is 11.1 Å². The van der Waals surface area contributed by atoms with Crippen LogP contribution in [0.25, 0.3) is 0 Å². The zero-order valence-electron chi connectivity index (χ0n) is 8.61. The summed E-state index contributed by atoms with van der Waals surface area (Å²) in [5.41, 5.74) is 2.63. The second-order valence-corrected chi connectivity index (χ2v) is 4.81. The van der Waals surface area contributed by atoms with Crippen LogP contribution in [0.4, 0.5) is 0 Å². The maximum absolute atomic E-state index is 3.51. The van der Waals surface area contributed by atoms with E-state index in [9.17, 15) is 0 Å². The molecular formula is C11H16BrN. The van der Waals surface area contributed by atoms with E-state index < -0.39 is 0 Å². The van der Waals surface area contributed by atoms with E-state index in [4.69, 9.17) is 0 Å². The third-order valence-corrected chi connectivity index (χ3v) is 2.85. The molecular weight excluding hydrogens is 226 g/mol. The topological polar surface area (TPSA) is 12.0 Å². The van der Waals surface area contributed by atoms with Crippen LogP contribution in [0.2, 0.25) is 0 Å². The number of aryl methyl sites for hydroxylation is 1. The van der Waals surface area contributed by atoms with E-state index >= 15 is 0 Å². The minimum absolute atomic E-state index is 0.0362. The Morgan fingerprint density at radius 1 is 1.23 bits per heavy atom. The van der Waals surface area contributed by atoms with Crippen molar-refractivity contribution >= 4 is 15.9 Å². The fourth-order valence-corrected chi connectivity index (χ4v) is 1.85. The number of rotatable bonds is 2.